The van der Waals surface area contributed by atoms with E-state index in [4.69, 9.17) is 5.73 Å². The summed E-state index contributed by atoms with van der Waals surface area (Å²) in [5, 5.41) is 3.25. The van der Waals surface area contributed by atoms with Crippen molar-refractivity contribution >= 4 is 16.0 Å². The number of hydrogen-bond acceptors (Lipinski definition) is 3. The van der Waals surface area contributed by atoms with Gasteiger partial charge in [-0.25, -0.2) is 13.4 Å². The van der Waals surface area contributed by atoms with Crippen molar-refractivity contribution in [1.29, 1.82) is 0 Å². The number of nitrogens with zero attached hydrogens (tertiary/aromatic N) is 2. The van der Waals surface area contributed by atoms with Crippen molar-refractivity contribution in [2.24, 2.45) is 10.7 Å². The van der Waals surface area contributed by atoms with E-state index >= 15 is 0 Å². The Hall–Kier alpha value is -1.60. The lowest BCUT2D eigenvalue weighted by Crippen LogP contribution is -2.38. The van der Waals surface area contributed by atoms with Crippen LogP contribution in [0.25, 0.3) is 0 Å². The minimum absolute atomic E-state index is 0.360. The fraction of sp³-hybridized carbons (Fsp3) is 0.611. The summed E-state index contributed by atoms with van der Waals surface area (Å²) in [7, 11) is -3.37. The zero-order chi connectivity index (χ0) is 17.7. The monoisotopic (exact) mass is 364 g/mol. The molecule has 1 heterocycles. The molecule has 1 saturated heterocycles. The first-order valence-electron chi connectivity index (χ1n) is 9.21. The van der Waals surface area contributed by atoms with Gasteiger partial charge in [-0.15, -0.1) is 0 Å². The Morgan fingerprint density at radius 2 is 1.72 bits per heavy atom. The number of benzene rings is 1. The first-order valence-corrected chi connectivity index (χ1v) is 10.7. The van der Waals surface area contributed by atoms with Crippen LogP contribution in [0.3, 0.4) is 0 Å². The van der Waals surface area contributed by atoms with Crippen molar-refractivity contribution in [2.45, 2.75) is 62.4 Å². The molecular formula is C18H28N4O2S. The molecule has 0 aromatic heterocycles. The Balaban J connectivity index is 1.59. The van der Waals surface area contributed by atoms with E-state index in [1.807, 2.05) is 12.1 Å². The van der Waals surface area contributed by atoms with E-state index in [1.54, 1.807) is 16.4 Å². The van der Waals surface area contributed by atoms with Gasteiger partial charge in [-0.3, -0.25) is 0 Å². The molecule has 0 unspecified atom stereocenters. The number of rotatable bonds is 5. The standard InChI is InChI=1S/C18H28N4O2S/c19-18(21-16-6-2-3-7-16)20-14-15-8-10-17(11-9-15)25(23,24)22-12-4-1-5-13-22/h8-11,16H,1-7,12-14H2,(H3,19,20,21). The number of piperidine rings is 1. The summed E-state index contributed by atoms with van der Waals surface area (Å²) in [4.78, 5) is 4.72. The number of aliphatic imine (C=N–C) groups is 1. The van der Waals surface area contributed by atoms with Gasteiger partial charge in [0.2, 0.25) is 10.0 Å². The van der Waals surface area contributed by atoms with E-state index in [2.05, 4.69) is 10.3 Å². The van der Waals surface area contributed by atoms with Crippen LogP contribution in [0.5, 0.6) is 0 Å². The predicted molar refractivity (Wildman–Crippen MR) is 99.8 cm³/mol. The molecule has 3 rings (SSSR count). The second-order valence-electron chi connectivity index (χ2n) is 6.94. The summed E-state index contributed by atoms with van der Waals surface area (Å²) in [6, 6.07) is 7.44. The maximum absolute atomic E-state index is 12.6. The number of guanidine groups is 1. The molecule has 3 N–H and O–H groups in total. The number of nitrogens with one attached hydrogen (secondary N) is 1. The van der Waals surface area contributed by atoms with Gasteiger partial charge in [0, 0.05) is 19.1 Å². The fourth-order valence-corrected chi connectivity index (χ4v) is 5.04. The lowest BCUT2D eigenvalue weighted by Gasteiger charge is -2.25. The number of hydrogen-bond donors (Lipinski definition) is 2. The summed E-state index contributed by atoms with van der Waals surface area (Å²) in [5.41, 5.74) is 6.89. The molecule has 0 radical (unpaired) electrons. The zero-order valence-corrected chi connectivity index (χ0v) is 15.5. The fourth-order valence-electron chi connectivity index (χ4n) is 3.52. The van der Waals surface area contributed by atoms with Crippen LogP contribution in [-0.4, -0.2) is 37.8 Å². The van der Waals surface area contributed by atoms with Crippen molar-refractivity contribution < 1.29 is 8.42 Å². The molecular weight excluding hydrogens is 336 g/mol. The third-order valence-corrected chi connectivity index (χ3v) is 6.93. The van der Waals surface area contributed by atoms with Crippen LogP contribution in [0.15, 0.2) is 34.2 Å². The van der Waals surface area contributed by atoms with Crippen molar-refractivity contribution in [3.05, 3.63) is 29.8 Å². The lowest BCUT2D eigenvalue weighted by molar-refractivity contribution is 0.346. The molecule has 138 valence electrons. The van der Waals surface area contributed by atoms with Crippen LogP contribution in [0.1, 0.15) is 50.5 Å². The summed E-state index contributed by atoms with van der Waals surface area (Å²) >= 11 is 0. The second-order valence-corrected chi connectivity index (χ2v) is 8.87. The average Bonchev–Trinajstić information content (AvgIpc) is 3.14. The Morgan fingerprint density at radius 3 is 2.36 bits per heavy atom. The first kappa shape index (κ1) is 18.2. The highest BCUT2D eigenvalue weighted by molar-refractivity contribution is 7.89. The summed E-state index contributed by atoms with van der Waals surface area (Å²) < 4.78 is 26.8. The van der Waals surface area contributed by atoms with Crippen LogP contribution in [0.4, 0.5) is 0 Å². The molecule has 0 amide bonds. The van der Waals surface area contributed by atoms with E-state index in [-0.39, 0.29) is 0 Å². The van der Waals surface area contributed by atoms with E-state index in [0.717, 1.165) is 37.7 Å². The molecule has 1 aliphatic carbocycles. The van der Waals surface area contributed by atoms with Crippen molar-refractivity contribution in [3.8, 4) is 0 Å². The minimum Gasteiger partial charge on any atom is -0.370 e. The summed E-state index contributed by atoms with van der Waals surface area (Å²) in [5.74, 6) is 0.469. The van der Waals surface area contributed by atoms with E-state index in [0.29, 0.717) is 36.5 Å². The molecule has 0 spiro atoms. The van der Waals surface area contributed by atoms with Crippen molar-refractivity contribution in [1.82, 2.24) is 9.62 Å². The molecule has 1 aromatic rings. The number of nitrogens with two attached hydrogens (primary N) is 1. The van der Waals surface area contributed by atoms with Gasteiger partial charge in [-0.1, -0.05) is 31.4 Å². The highest BCUT2D eigenvalue weighted by Gasteiger charge is 2.25. The third-order valence-electron chi connectivity index (χ3n) is 5.02. The van der Waals surface area contributed by atoms with Gasteiger partial charge in [-0.2, -0.15) is 4.31 Å². The smallest absolute Gasteiger partial charge is 0.243 e. The first-order chi connectivity index (χ1) is 12.1. The Kier molecular flexibility index (Phi) is 5.96. The van der Waals surface area contributed by atoms with Crippen LogP contribution in [0, 0.1) is 0 Å². The molecule has 1 aromatic carbocycles. The van der Waals surface area contributed by atoms with Gasteiger partial charge in [0.15, 0.2) is 5.96 Å². The van der Waals surface area contributed by atoms with E-state index in [9.17, 15) is 8.42 Å². The van der Waals surface area contributed by atoms with Gasteiger partial charge in [0.25, 0.3) is 0 Å². The maximum atomic E-state index is 12.6. The highest BCUT2D eigenvalue weighted by Crippen LogP contribution is 2.21. The quantitative estimate of drug-likeness (QED) is 0.619. The topological polar surface area (TPSA) is 87.8 Å². The van der Waals surface area contributed by atoms with Crippen LogP contribution >= 0.6 is 0 Å². The minimum atomic E-state index is -3.37. The molecule has 1 saturated carbocycles. The van der Waals surface area contributed by atoms with Gasteiger partial charge in [-0.05, 0) is 43.4 Å². The highest BCUT2D eigenvalue weighted by atomic mass is 32.2. The SMILES string of the molecule is NC(=NCc1ccc(S(=O)(=O)N2CCCCC2)cc1)NC1CCCC1. The maximum Gasteiger partial charge on any atom is 0.243 e. The second kappa shape index (κ2) is 8.19. The molecule has 7 heteroatoms. The van der Waals surface area contributed by atoms with Gasteiger partial charge >= 0.3 is 0 Å². The molecule has 2 fully saturated rings. The third kappa shape index (κ3) is 4.73. The Morgan fingerprint density at radius 1 is 1.08 bits per heavy atom. The summed E-state index contributed by atoms with van der Waals surface area (Å²) in [6.45, 7) is 1.70. The van der Waals surface area contributed by atoms with Gasteiger partial charge in [0.1, 0.15) is 0 Å². The van der Waals surface area contributed by atoms with Crippen molar-refractivity contribution in [3.63, 3.8) is 0 Å². The van der Waals surface area contributed by atoms with Crippen molar-refractivity contribution in [2.75, 3.05) is 13.1 Å². The molecule has 6 nitrogen and oxygen atoms in total. The van der Waals surface area contributed by atoms with Crippen LogP contribution in [-0.2, 0) is 16.6 Å². The van der Waals surface area contributed by atoms with Gasteiger partial charge < -0.3 is 11.1 Å². The molecule has 0 bridgehead atoms. The van der Waals surface area contributed by atoms with Gasteiger partial charge in [0.05, 0.1) is 11.4 Å². The number of sulfonamides is 1. The molecule has 2 aliphatic rings. The lowest BCUT2D eigenvalue weighted by atomic mass is 10.2. The van der Waals surface area contributed by atoms with E-state index < -0.39 is 10.0 Å². The molecule has 1 aliphatic heterocycles. The Bertz CT molecular complexity index is 688. The zero-order valence-electron chi connectivity index (χ0n) is 14.7. The average molecular weight is 365 g/mol. The molecule has 25 heavy (non-hydrogen) atoms. The summed E-state index contributed by atoms with van der Waals surface area (Å²) in [6.07, 6.45) is 7.80. The van der Waals surface area contributed by atoms with E-state index in [1.165, 1.54) is 12.8 Å². The Labute approximate surface area is 150 Å². The van der Waals surface area contributed by atoms with Crippen LogP contribution < -0.4 is 11.1 Å². The predicted octanol–water partition coefficient (Wildman–Crippen LogP) is 2.21. The largest absolute Gasteiger partial charge is 0.370 e. The normalized spacial score (nSPS) is 20.7. The van der Waals surface area contributed by atoms with Crippen LogP contribution in [0.2, 0.25) is 0 Å². The molecule has 0 atom stereocenters.